The van der Waals surface area contributed by atoms with E-state index >= 15 is 0 Å². The van der Waals surface area contributed by atoms with Crippen molar-refractivity contribution in [3.8, 4) is 5.75 Å². The number of rotatable bonds is 7. The van der Waals surface area contributed by atoms with E-state index in [4.69, 9.17) is 4.74 Å². The van der Waals surface area contributed by atoms with Crippen molar-refractivity contribution < 1.29 is 14.3 Å². The topological polar surface area (TPSA) is 86.8 Å². The van der Waals surface area contributed by atoms with Gasteiger partial charge in [0.2, 0.25) is 0 Å². The number of urea groups is 1. The number of ketones is 1. The van der Waals surface area contributed by atoms with E-state index in [1.165, 1.54) is 0 Å². The minimum atomic E-state index is -0.295. The second-order valence-electron chi connectivity index (χ2n) is 8.43. The number of benzene rings is 1. The lowest BCUT2D eigenvalue weighted by atomic mass is 9.93. The minimum Gasteiger partial charge on any atom is -0.487 e. The molecule has 2 aliphatic rings. The molecule has 2 amide bonds. The van der Waals surface area contributed by atoms with Gasteiger partial charge in [0.25, 0.3) is 0 Å². The lowest BCUT2D eigenvalue weighted by molar-refractivity contribution is -0.130. The fraction of sp³-hybridized carbons (Fsp3) is 0.435. The molecule has 0 bridgehead atoms. The highest BCUT2D eigenvalue weighted by Crippen LogP contribution is 2.27. The third kappa shape index (κ3) is 4.70. The third-order valence-corrected chi connectivity index (χ3v) is 6.12. The number of nitrogens with zero attached hydrogens (tertiary/aromatic N) is 3. The molecule has 0 spiro atoms. The highest BCUT2D eigenvalue weighted by atomic mass is 16.5. The highest BCUT2D eigenvalue weighted by Gasteiger charge is 2.40. The number of hydrogen-bond donors (Lipinski definition) is 2. The maximum absolute atomic E-state index is 12.5. The van der Waals surface area contributed by atoms with Crippen molar-refractivity contribution >= 4 is 17.5 Å². The fourth-order valence-corrected chi connectivity index (χ4v) is 3.71. The van der Waals surface area contributed by atoms with Crippen LogP contribution in [0.5, 0.6) is 5.75 Å². The fourth-order valence-electron chi connectivity index (χ4n) is 3.71. The number of likely N-dealkylation sites (tertiary alicyclic amines) is 1. The number of pyridine rings is 1. The molecule has 3 heterocycles. The summed E-state index contributed by atoms with van der Waals surface area (Å²) in [6.07, 6.45) is 3.43. The number of nitrogens with one attached hydrogen (secondary N) is 2. The Kier molecular flexibility index (Phi) is 6.20. The van der Waals surface area contributed by atoms with E-state index in [2.05, 4.69) is 15.6 Å². The van der Waals surface area contributed by atoms with Crippen LogP contribution in [0.25, 0.3) is 0 Å². The average molecular weight is 424 g/mol. The van der Waals surface area contributed by atoms with Gasteiger partial charge < -0.3 is 20.3 Å². The molecule has 8 nitrogen and oxygen atoms in total. The lowest BCUT2D eigenvalue weighted by Crippen LogP contribution is -2.66. The van der Waals surface area contributed by atoms with Crippen LogP contribution in [0.15, 0.2) is 48.8 Å². The molecule has 2 N–H and O–H groups in total. The molecule has 0 saturated carbocycles. The van der Waals surface area contributed by atoms with Crippen LogP contribution in [-0.4, -0.2) is 78.5 Å². The molecule has 2 saturated heterocycles. The Labute approximate surface area is 182 Å². The molecule has 2 aromatic rings. The van der Waals surface area contributed by atoms with Crippen molar-refractivity contribution in [1.82, 2.24) is 20.1 Å². The predicted molar refractivity (Wildman–Crippen MR) is 118 cm³/mol. The van der Waals surface area contributed by atoms with Gasteiger partial charge in [0, 0.05) is 43.6 Å². The Bertz CT molecular complexity index is 913. The van der Waals surface area contributed by atoms with E-state index in [9.17, 15) is 9.59 Å². The van der Waals surface area contributed by atoms with E-state index in [-0.39, 0.29) is 30.0 Å². The van der Waals surface area contributed by atoms with Gasteiger partial charge in [-0.1, -0.05) is 6.07 Å². The highest BCUT2D eigenvalue weighted by molar-refractivity contribution is 5.90. The van der Waals surface area contributed by atoms with Gasteiger partial charge in [0.15, 0.2) is 5.78 Å². The van der Waals surface area contributed by atoms with E-state index in [0.29, 0.717) is 37.0 Å². The van der Waals surface area contributed by atoms with Crippen molar-refractivity contribution in [2.75, 3.05) is 39.0 Å². The molecule has 3 atom stereocenters. The summed E-state index contributed by atoms with van der Waals surface area (Å²) in [5.41, 5.74) is 1.87. The number of carbonyl (C=O) groups excluding carboxylic acids is 2. The number of anilines is 1. The summed E-state index contributed by atoms with van der Waals surface area (Å²) in [6, 6.07) is 10.7. The van der Waals surface area contributed by atoms with Crippen LogP contribution in [-0.2, 0) is 4.79 Å². The minimum absolute atomic E-state index is 0.111. The number of hydrogen-bond acceptors (Lipinski definition) is 6. The van der Waals surface area contributed by atoms with E-state index in [0.717, 1.165) is 5.56 Å². The summed E-state index contributed by atoms with van der Waals surface area (Å²) in [5.74, 6) is 1.15. The summed E-state index contributed by atoms with van der Waals surface area (Å²) in [7, 11) is 3.78. The van der Waals surface area contributed by atoms with E-state index < -0.39 is 0 Å². The lowest BCUT2D eigenvalue weighted by Gasteiger charge is -2.39. The molecule has 2 unspecified atom stereocenters. The van der Waals surface area contributed by atoms with Crippen LogP contribution < -0.4 is 15.4 Å². The normalized spacial score (nSPS) is 21.7. The molecule has 2 aliphatic heterocycles. The van der Waals surface area contributed by atoms with Crippen molar-refractivity contribution in [1.29, 1.82) is 0 Å². The standard InChI is InChI=1S/C23H29N5O3/c1-15(27(2)3)22(29)21-20(12-25-21)31-19-8-6-18(7-9-19)26-23(30)28-13-17(14-28)16-5-4-10-24-11-16/h4-11,15,17,20-21,25H,12-14H2,1-3H3,(H,26,30)/t15-,20?,21?/m0/s1. The first kappa shape index (κ1) is 21.3. The summed E-state index contributed by atoms with van der Waals surface area (Å²) < 4.78 is 5.99. The van der Waals surface area contributed by atoms with Crippen LogP contribution in [0.1, 0.15) is 18.4 Å². The smallest absolute Gasteiger partial charge is 0.321 e. The second kappa shape index (κ2) is 9.03. The maximum Gasteiger partial charge on any atom is 0.321 e. The van der Waals surface area contributed by atoms with Gasteiger partial charge in [-0.25, -0.2) is 4.79 Å². The molecule has 0 radical (unpaired) electrons. The molecule has 0 aliphatic carbocycles. The van der Waals surface area contributed by atoms with Crippen LogP contribution in [0.4, 0.5) is 10.5 Å². The van der Waals surface area contributed by atoms with Gasteiger partial charge in [-0.05, 0) is 56.9 Å². The molecular formula is C23H29N5O3. The predicted octanol–water partition coefficient (Wildman–Crippen LogP) is 1.95. The number of ether oxygens (including phenoxy) is 1. The van der Waals surface area contributed by atoms with Gasteiger partial charge in [0.05, 0.1) is 6.04 Å². The number of likely N-dealkylation sites (N-methyl/N-ethyl adjacent to an activating group) is 1. The number of aromatic nitrogens is 1. The van der Waals surface area contributed by atoms with Crippen LogP contribution in [0, 0.1) is 0 Å². The van der Waals surface area contributed by atoms with Gasteiger partial charge >= 0.3 is 6.03 Å². The Hall–Kier alpha value is -2.97. The molecule has 164 valence electrons. The molecule has 2 fully saturated rings. The number of Topliss-reactive ketones (excluding diaryl/α,β-unsaturated/α-hetero) is 1. The summed E-state index contributed by atoms with van der Waals surface area (Å²) in [5, 5.41) is 6.08. The Morgan fingerprint density at radius 1 is 1.23 bits per heavy atom. The molecule has 31 heavy (non-hydrogen) atoms. The van der Waals surface area contributed by atoms with Crippen LogP contribution >= 0.6 is 0 Å². The zero-order chi connectivity index (χ0) is 22.0. The second-order valence-corrected chi connectivity index (χ2v) is 8.43. The SMILES string of the molecule is C[C@@H](C(=O)C1NCC1Oc1ccc(NC(=O)N2CC(c3cccnc3)C2)cc1)N(C)C. The molecule has 1 aromatic carbocycles. The monoisotopic (exact) mass is 423 g/mol. The first-order valence-corrected chi connectivity index (χ1v) is 10.6. The van der Waals surface area contributed by atoms with E-state index in [1.807, 2.05) is 68.5 Å². The van der Waals surface area contributed by atoms with E-state index in [1.54, 1.807) is 11.1 Å². The number of amides is 2. The molecule has 8 heteroatoms. The first-order chi connectivity index (χ1) is 14.9. The number of carbonyl (C=O) groups is 2. The Morgan fingerprint density at radius 3 is 2.55 bits per heavy atom. The first-order valence-electron chi connectivity index (χ1n) is 10.6. The van der Waals surface area contributed by atoms with Crippen LogP contribution in [0.3, 0.4) is 0 Å². The van der Waals surface area contributed by atoms with Crippen molar-refractivity contribution in [3.63, 3.8) is 0 Å². The Morgan fingerprint density at radius 2 is 1.97 bits per heavy atom. The average Bonchev–Trinajstić information content (AvgIpc) is 2.71. The maximum atomic E-state index is 12.5. The molecule has 4 rings (SSSR count). The van der Waals surface area contributed by atoms with Crippen molar-refractivity contribution in [3.05, 3.63) is 54.4 Å². The zero-order valence-electron chi connectivity index (χ0n) is 18.1. The molecular weight excluding hydrogens is 394 g/mol. The van der Waals surface area contributed by atoms with Crippen molar-refractivity contribution in [2.24, 2.45) is 0 Å². The van der Waals surface area contributed by atoms with Gasteiger partial charge in [0.1, 0.15) is 17.9 Å². The molecule has 1 aromatic heterocycles. The zero-order valence-corrected chi connectivity index (χ0v) is 18.1. The van der Waals surface area contributed by atoms with Gasteiger partial charge in [-0.2, -0.15) is 0 Å². The summed E-state index contributed by atoms with van der Waals surface area (Å²) in [6.45, 7) is 3.92. The largest absolute Gasteiger partial charge is 0.487 e. The third-order valence-electron chi connectivity index (χ3n) is 6.12. The summed E-state index contributed by atoms with van der Waals surface area (Å²) >= 11 is 0. The van der Waals surface area contributed by atoms with Crippen molar-refractivity contribution in [2.45, 2.75) is 31.0 Å². The van der Waals surface area contributed by atoms with Gasteiger partial charge in [-0.15, -0.1) is 0 Å². The Balaban J connectivity index is 1.25. The quantitative estimate of drug-likeness (QED) is 0.708. The van der Waals surface area contributed by atoms with Crippen LogP contribution in [0.2, 0.25) is 0 Å². The summed E-state index contributed by atoms with van der Waals surface area (Å²) in [4.78, 5) is 32.8. The van der Waals surface area contributed by atoms with Gasteiger partial charge in [-0.3, -0.25) is 14.7 Å².